The average Bonchev–Trinajstić information content (AvgIpc) is 2.73. The van der Waals surface area contributed by atoms with E-state index in [-0.39, 0.29) is 18.0 Å². The van der Waals surface area contributed by atoms with Gasteiger partial charge in [0.15, 0.2) is 6.23 Å². The van der Waals surface area contributed by atoms with Crippen LogP contribution in [0.5, 0.6) is 5.75 Å². The van der Waals surface area contributed by atoms with Crippen molar-refractivity contribution in [2.45, 2.75) is 38.8 Å². The summed E-state index contributed by atoms with van der Waals surface area (Å²) >= 11 is 0. The lowest BCUT2D eigenvalue weighted by Gasteiger charge is -2.29. The van der Waals surface area contributed by atoms with Crippen molar-refractivity contribution in [3.05, 3.63) is 71.0 Å². The predicted octanol–water partition coefficient (Wildman–Crippen LogP) is 4.54. The summed E-state index contributed by atoms with van der Waals surface area (Å²) in [7, 11) is 0. The number of amides is 1. The van der Waals surface area contributed by atoms with Gasteiger partial charge in [0.2, 0.25) is 0 Å². The molecule has 2 aromatic carbocycles. The van der Waals surface area contributed by atoms with Gasteiger partial charge in [-0.05, 0) is 67.6 Å². The van der Waals surface area contributed by atoms with E-state index in [1.165, 1.54) is 17.7 Å². The highest BCUT2D eigenvalue weighted by atomic mass is 19.1. The molecular weight excluding hydrogens is 367 g/mol. The maximum atomic E-state index is 13.1. The van der Waals surface area contributed by atoms with Gasteiger partial charge >= 0.3 is 0 Å². The van der Waals surface area contributed by atoms with Crippen LogP contribution >= 0.6 is 0 Å². The molecule has 1 N–H and O–H groups in total. The maximum absolute atomic E-state index is 13.1. The Labute approximate surface area is 171 Å². The number of para-hydroxylation sites is 1. The summed E-state index contributed by atoms with van der Waals surface area (Å²) in [6.07, 6.45) is 5.87. The van der Waals surface area contributed by atoms with Gasteiger partial charge in [-0.15, -0.1) is 0 Å². The van der Waals surface area contributed by atoms with Gasteiger partial charge in [-0.25, -0.2) is 4.39 Å². The molecule has 2 aliphatic rings. The normalized spacial score (nSPS) is 19.2. The molecule has 4 rings (SSSR count). The molecule has 2 aromatic rings. The fourth-order valence-corrected chi connectivity index (χ4v) is 4.02. The highest BCUT2D eigenvalue weighted by molar-refractivity contribution is 5.98. The van der Waals surface area contributed by atoms with Crippen molar-refractivity contribution in [2.24, 2.45) is 0 Å². The molecule has 0 aromatic heterocycles. The number of carbonyl (C=O) groups is 1. The summed E-state index contributed by atoms with van der Waals surface area (Å²) in [5, 5.41) is 2.96. The van der Waals surface area contributed by atoms with Gasteiger partial charge in [0.1, 0.15) is 11.6 Å². The van der Waals surface area contributed by atoms with Gasteiger partial charge in [-0.1, -0.05) is 30.3 Å². The van der Waals surface area contributed by atoms with E-state index in [0.717, 1.165) is 62.2 Å². The summed E-state index contributed by atoms with van der Waals surface area (Å²) in [5.74, 6) is 0.480. The van der Waals surface area contributed by atoms with Crippen molar-refractivity contribution in [3.8, 4) is 5.75 Å². The Balaban J connectivity index is 1.21. The van der Waals surface area contributed by atoms with Crippen LogP contribution in [0.15, 0.2) is 48.5 Å². The third-order valence-electron chi connectivity index (χ3n) is 5.71. The van der Waals surface area contributed by atoms with Crippen molar-refractivity contribution in [1.29, 1.82) is 0 Å². The zero-order valence-electron chi connectivity index (χ0n) is 16.8. The fourth-order valence-electron chi connectivity index (χ4n) is 4.02. The fraction of sp³-hybridized carbons (Fsp3) is 0.375. The minimum absolute atomic E-state index is 0.0468. The molecule has 0 bridgehead atoms. The predicted molar refractivity (Wildman–Crippen MR) is 112 cm³/mol. The number of fused-ring (bicyclic) bond motifs is 1. The SMILES string of the molecule is Cc1cccc2c1OC(CCCCN1CC=C(c3ccc(F)cc3)CC1)NC2=O. The van der Waals surface area contributed by atoms with Gasteiger partial charge in [0.05, 0.1) is 5.56 Å². The summed E-state index contributed by atoms with van der Waals surface area (Å²) < 4.78 is 19.1. The van der Waals surface area contributed by atoms with E-state index < -0.39 is 0 Å². The number of nitrogens with zero attached hydrogens (tertiary/aromatic N) is 1. The quantitative estimate of drug-likeness (QED) is 0.732. The number of ether oxygens (including phenoxy) is 1. The molecule has 0 saturated carbocycles. The number of nitrogens with one attached hydrogen (secondary N) is 1. The molecule has 152 valence electrons. The summed E-state index contributed by atoms with van der Waals surface area (Å²) in [6.45, 7) is 4.95. The first-order valence-corrected chi connectivity index (χ1v) is 10.3. The third-order valence-corrected chi connectivity index (χ3v) is 5.71. The Morgan fingerprint density at radius 1 is 1.17 bits per heavy atom. The van der Waals surface area contributed by atoms with E-state index in [1.807, 2.05) is 31.2 Å². The van der Waals surface area contributed by atoms with Crippen molar-refractivity contribution in [1.82, 2.24) is 10.2 Å². The second kappa shape index (κ2) is 8.78. The van der Waals surface area contributed by atoms with Crippen LogP contribution in [0.2, 0.25) is 0 Å². The second-order valence-electron chi connectivity index (χ2n) is 7.81. The van der Waals surface area contributed by atoms with Gasteiger partial charge in [-0.2, -0.15) is 0 Å². The van der Waals surface area contributed by atoms with Crippen LogP contribution in [-0.2, 0) is 0 Å². The molecule has 0 aliphatic carbocycles. The first-order valence-electron chi connectivity index (χ1n) is 10.3. The van der Waals surface area contributed by atoms with Crippen LogP contribution in [-0.4, -0.2) is 36.7 Å². The lowest BCUT2D eigenvalue weighted by Crippen LogP contribution is -2.43. The van der Waals surface area contributed by atoms with E-state index in [0.29, 0.717) is 5.56 Å². The van der Waals surface area contributed by atoms with Gasteiger partial charge in [-0.3, -0.25) is 9.69 Å². The number of rotatable bonds is 6. The molecule has 0 saturated heterocycles. The Hall–Kier alpha value is -2.66. The monoisotopic (exact) mass is 394 g/mol. The lowest BCUT2D eigenvalue weighted by atomic mass is 9.99. The second-order valence-corrected chi connectivity index (χ2v) is 7.81. The van der Waals surface area contributed by atoms with Crippen molar-refractivity contribution in [3.63, 3.8) is 0 Å². The van der Waals surface area contributed by atoms with Crippen molar-refractivity contribution < 1.29 is 13.9 Å². The summed E-state index contributed by atoms with van der Waals surface area (Å²) in [6, 6.07) is 12.4. The number of hydrogen-bond acceptors (Lipinski definition) is 3. The molecule has 0 spiro atoms. The van der Waals surface area contributed by atoms with Crippen LogP contribution < -0.4 is 10.1 Å². The number of carbonyl (C=O) groups excluding carboxylic acids is 1. The van der Waals surface area contributed by atoms with Crippen LogP contribution in [0.4, 0.5) is 4.39 Å². The van der Waals surface area contributed by atoms with Crippen molar-refractivity contribution in [2.75, 3.05) is 19.6 Å². The maximum Gasteiger partial charge on any atom is 0.257 e. The molecule has 4 nitrogen and oxygen atoms in total. The number of benzene rings is 2. The Bertz CT molecular complexity index is 908. The highest BCUT2D eigenvalue weighted by Gasteiger charge is 2.26. The molecule has 0 radical (unpaired) electrons. The zero-order valence-corrected chi connectivity index (χ0v) is 16.8. The molecule has 1 amide bonds. The summed E-state index contributed by atoms with van der Waals surface area (Å²) in [4.78, 5) is 14.7. The minimum Gasteiger partial charge on any atom is -0.470 e. The smallest absolute Gasteiger partial charge is 0.257 e. The molecule has 1 atom stereocenters. The molecule has 0 fully saturated rings. The first-order chi connectivity index (χ1) is 14.1. The topological polar surface area (TPSA) is 41.6 Å². The molecule has 1 unspecified atom stereocenters. The van der Waals surface area contributed by atoms with Crippen LogP contribution in [0.3, 0.4) is 0 Å². The number of aryl methyl sites for hydroxylation is 1. The first kappa shape index (κ1) is 19.6. The van der Waals surface area contributed by atoms with Gasteiger partial charge in [0, 0.05) is 19.5 Å². The largest absolute Gasteiger partial charge is 0.470 e. The van der Waals surface area contributed by atoms with Gasteiger partial charge < -0.3 is 10.1 Å². The molecule has 5 heteroatoms. The van der Waals surface area contributed by atoms with Crippen molar-refractivity contribution >= 4 is 11.5 Å². The third kappa shape index (κ3) is 4.67. The van der Waals surface area contributed by atoms with E-state index in [4.69, 9.17) is 4.74 Å². The molecule has 2 heterocycles. The average molecular weight is 394 g/mol. The minimum atomic E-state index is -0.248. The lowest BCUT2D eigenvalue weighted by molar-refractivity contribution is 0.0730. The van der Waals surface area contributed by atoms with E-state index in [9.17, 15) is 9.18 Å². The van der Waals surface area contributed by atoms with Gasteiger partial charge in [0.25, 0.3) is 5.91 Å². The van der Waals surface area contributed by atoms with E-state index in [1.54, 1.807) is 6.07 Å². The highest BCUT2D eigenvalue weighted by Crippen LogP contribution is 2.28. The number of unbranched alkanes of at least 4 members (excludes halogenated alkanes) is 1. The van der Waals surface area contributed by atoms with Crippen LogP contribution in [0.25, 0.3) is 5.57 Å². The number of hydrogen-bond donors (Lipinski definition) is 1. The Kier molecular flexibility index (Phi) is 5.95. The number of halogens is 1. The molecular formula is C24H27FN2O2. The zero-order chi connectivity index (χ0) is 20.2. The standard InChI is InChI=1S/C24H27FN2O2/c1-17-5-4-6-21-23(17)29-22(26-24(21)28)7-2-3-14-27-15-12-19(13-16-27)18-8-10-20(25)11-9-18/h4-6,8-12,22H,2-3,7,13-16H2,1H3,(H,26,28). The molecule has 2 aliphatic heterocycles. The molecule has 29 heavy (non-hydrogen) atoms. The summed E-state index contributed by atoms with van der Waals surface area (Å²) in [5.41, 5.74) is 4.04. The van der Waals surface area contributed by atoms with Crippen LogP contribution in [0.1, 0.15) is 47.2 Å². The van der Waals surface area contributed by atoms with Crippen LogP contribution in [0, 0.1) is 12.7 Å². The Morgan fingerprint density at radius 3 is 2.76 bits per heavy atom. The van der Waals surface area contributed by atoms with E-state index in [2.05, 4.69) is 16.3 Å². The van der Waals surface area contributed by atoms with E-state index >= 15 is 0 Å². The Morgan fingerprint density at radius 2 is 2.00 bits per heavy atom.